The fourth-order valence-corrected chi connectivity index (χ4v) is 6.62. The Morgan fingerprint density at radius 1 is 0.639 bits per heavy atom. The summed E-state index contributed by atoms with van der Waals surface area (Å²) in [4.78, 5) is 38.5. The molecule has 3 aliphatic heterocycles. The van der Waals surface area contributed by atoms with Gasteiger partial charge in [-0.05, 0) is 59.9 Å². The summed E-state index contributed by atoms with van der Waals surface area (Å²) in [5.41, 5.74) is 1.20. The molecule has 0 bridgehead atoms. The fourth-order valence-electron chi connectivity index (χ4n) is 3.71. The highest BCUT2D eigenvalue weighted by molar-refractivity contribution is 8.18. The number of carbonyl (C=O) groups is 2. The van der Waals surface area contributed by atoms with Gasteiger partial charge < -0.3 is 9.80 Å². The van der Waals surface area contributed by atoms with Gasteiger partial charge in [0, 0.05) is 57.4 Å². The summed E-state index contributed by atoms with van der Waals surface area (Å²) in [5.74, 6) is -0.634. The third-order valence-electron chi connectivity index (χ3n) is 5.59. The SMILES string of the molecule is O=C1N=C(N2CCN(C3=NC(=O)C(=Cc4c(Cl)cccc4Cl)S3)CC2)SC1=Cc1c(Cl)cccc1Cl. The predicted molar refractivity (Wildman–Crippen MR) is 152 cm³/mol. The molecule has 6 nitrogen and oxygen atoms in total. The Labute approximate surface area is 236 Å². The van der Waals surface area contributed by atoms with E-state index in [-0.39, 0.29) is 11.8 Å². The van der Waals surface area contributed by atoms with E-state index in [9.17, 15) is 9.59 Å². The second-order valence-electron chi connectivity index (χ2n) is 7.87. The van der Waals surface area contributed by atoms with Crippen LogP contribution < -0.4 is 0 Å². The van der Waals surface area contributed by atoms with E-state index in [1.165, 1.54) is 23.5 Å². The lowest BCUT2D eigenvalue weighted by atomic mass is 10.2. The first-order valence-corrected chi connectivity index (χ1v) is 13.9. The summed E-state index contributed by atoms with van der Waals surface area (Å²) < 4.78 is 0. The number of piperazine rings is 1. The molecular weight excluding hydrogens is 582 g/mol. The first-order chi connectivity index (χ1) is 17.3. The van der Waals surface area contributed by atoms with Crippen LogP contribution in [0.5, 0.6) is 0 Å². The maximum atomic E-state index is 12.5. The van der Waals surface area contributed by atoms with Crippen molar-refractivity contribution in [3.05, 3.63) is 77.4 Å². The Morgan fingerprint density at radius 3 is 1.31 bits per heavy atom. The zero-order valence-corrected chi connectivity index (χ0v) is 23.0. The Hall–Kier alpha value is -1.94. The van der Waals surface area contributed by atoms with E-state index in [4.69, 9.17) is 46.4 Å². The number of benzene rings is 2. The quantitative estimate of drug-likeness (QED) is 0.365. The van der Waals surface area contributed by atoms with Crippen LogP contribution in [-0.4, -0.2) is 58.1 Å². The molecule has 36 heavy (non-hydrogen) atoms. The number of hydrogen-bond donors (Lipinski definition) is 0. The van der Waals surface area contributed by atoms with E-state index >= 15 is 0 Å². The summed E-state index contributed by atoms with van der Waals surface area (Å²) in [5, 5.41) is 3.17. The molecule has 0 saturated carbocycles. The van der Waals surface area contributed by atoms with Gasteiger partial charge in [0.15, 0.2) is 10.3 Å². The third kappa shape index (κ3) is 5.35. The van der Waals surface area contributed by atoms with Crippen LogP contribution in [0, 0.1) is 0 Å². The van der Waals surface area contributed by atoms with Crippen molar-refractivity contribution >= 4 is 104 Å². The average molecular weight is 598 g/mol. The summed E-state index contributed by atoms with van der Waals surface area (Å²) in [7, 11) is 0. The second kappa shape index (κ2) is 10.8. The van der Waals surface area contributed by atoms with Crippen LogP contribution in [0.25, 0.3) is 12.2 Å². The minimum absolute atomic E-state index is 0.317. The van der Waals surface area contributed by atoms with E-state index in [0.717, 1.165) is 0 Å². The number of aliphatic imine (C=N–C) groups is 2. The van der Waals surface area contributed by atoms with E-state index in [0.29, 0.717) is 77.5 Å². The number of thioether (sulfide) groups is 2. The highest BCUT2D eigenvalue weighted by Gasteiger charge is 2.32. The molecule has 3 heterocycles. The van der Waals surface area contributed by atoms with Gasteiger partial charge in [0.1, 0.15) is 0 Å². The smallest absolute Gasteiger partial charge is 0.286 e. The lowest BCUT2D eigenvalue weighted by molar-refractivity contribution is -0.114. The van der Waals surface area contributed by atoms with Gasteiger partial charge in [0.2, 0.25) is 0 Å². The fraction of sp³-hybridized carbons (Fsp3) is 0.167. The van der Waals surface area contributed by atoms with Gasteiger partial charge in [-0.2, -0.15) is 9.98 Å². The Morgan fingerprint density at radius 2 is 0.972 bits per heavy atom. The summed E-state index contributed by atoms with van der Waals surface area (Å²) in [6, 6.07) is 10.4. The monoisotopic (exact) mass is 596 g/mol. The Kier molecular flexibility index (Phi) is 7.72. The van der Waals surface area contributed by atoms with Gasteiger partial charge in [-0.25, -0.2) is 0 Å². The zero-order chi connectivity index (χ0) is 25.4. The van der Waals surface area contributed by atoms with Crippen LogP contribution in [0.2, 0.25) is 20.1 Å². The van der Waals surface area contributed by atoms with E-state index in [2.05, 4.69) is 19.8 Å². The average Bonchev–Trinajstić information content (AvgIpc) is 3.41. The number of nitrogens with zero attached hydrogens (tertiary/aromatic N) is 4. The highest BCUT2D eigenvalue weighted by Crippen LogP contribution is 2.36. The second-order valence-corrected chi connectivity index (χ2v) is 11.5. The highest BCUT2D eigenvalue weighted by atomic mass is 35.5. The Balaban J connectivity index is 1.22. The van der Waals surface area contributed by atoms with Crippen LogP contribution in [0.4, 0.5) is 0 Å². The summed E-state index contributed by atoms with van der Waals surface area (Å²) in [6.07, 6.45) is 3.36. The van der Waals surface area contributed by atoms with Gasteiger partial charge in [-0.1, -0.05) is 58.5 Å². The first kappa shape index (κ1) is 25.7. The first-order valence-electron chi connectivity index (χ1n) is 10.7. The molecule has 1 saturated heterocycles. The van der Waals surface area contributed by atoms with Crippen LogP contribution in [0.15, 0.2) is 56.2 Å². The number of carbonyl (C=O) groups excluding carboxylic acids is 2. The lowest BCUT2D eigenvalue weighted by Crippen LogP contribution is -2.49. The van der Waals surface area contributed by atoms with Crippen molar-refractivity contribution in [2.75, 3.05) is 26.2 Å². The minimum Gasteiger partial charge on any atom is -0.347 e. The molecule has 0 N–H and O–H groups in total. The normalized spacial score (nSPS) is 20.6. The lowest BCUT2D eigenvalue weighted by Gasteiger charge is -2.35. The van der Waals surface area contributed by atoms with Crippen molar-refractivity contribution in [3.8, 4) is 0 Å². The van der Waals surface area contributed by atoms with Gasteiger partial charge in [0.25, 0.3) is 11.8 Å². The predicted octanol–water partition coefficient (Wildman–Crippen LogP) is 6.56. The molecule has 0 radical (unpaired) electrons. The maximum absolute atomic E-state index is 12.5. The largest absolute Gasteiger partial charge is 0.347 e. The molecular formula is C24H16Cl4N4O2S2. The van der Waals surface area contributed by atoms with Crippen molar-refractivity contribution in [1.82, 2.24) is 9.80 Å². The molecule has 12 heteroatoms. The summed E-state index contributed by atoms with van der Waals surface area (Å²) >= 11 is 27.6. The van der Waals surface area contributed by atoms with Crippen molar-refractivity contribution in [2.45, 2.75) is 0 Å². The molecule has 0 aromatic heterocycles. The van der Waals surface area contributed by atoms with E-state index in [1.54, 1.807) is 48.6 Å². The van der Waals surface area contributed by atoms with Gasteiger partial charge >= 0.3 is 0 Å². The third-order valence-corrected chi connectivity index (χ3v) is 9.00. The standard InChI is InChI=1S/C24H16Cl4N4O2S2/c25-15-3-1-4-16(26)13(15)11-19-21(33)29-23(35-19)31-7-9-32(10-8-31)24-30-22(34)20(36-24)12-14-17(27)5-2-6-18(14)28/h1-6,11-12H,7-10H2. The van der Waals surface area contributed by atoms with Crippen molar-refractivity contribution in [1.29, 1.82) is 0 Å². The van der Waals surface area contributed by atoms with Crippen LogP contribution in [-0.2, 0) is 9.59 Å². The molecule has 0 spiro atoms. The van der Waals surface area contributed by atoms with E-state index < -0.39 is 0 Å². The van der Waals surface area contributed by atoms with Crippen LogP contribution in [0.3, 0.4) is 0 Å². The van der Waals surface area contributed by atoms with Crippen molar-refractivity contribution in [2.24, 2.45) is 9.98 Å². The van der Waals surface area contributed by atoms with Crippen molar-refractivity contribution in [3.63, 3.8) is 0 Å². The number of halogens is 4. The number of hydrogen-bond acceptors (Lipinski definition) is 6. The molecule has 0 aliphatic carbocycles. The number of amides is 2. The van der Waals surface area contributed by atoms with E-state index in [1.807, 2.05) is 0 Å². The zero-order valence-electron chi connectivity index (χ0n) is 18.4. The van der Waals surface area contributed by atoms with Gasteiger partial charge in [-0.3, -0.25) is 9.59 Å². The molecule has 184 valence electrons. The molecule has 2 amide bonds. The maximum Gasteiger partial charge on any atom is 0.286 e. The van der Waals surface area contributed by atoms with Crippen molar-refractivity contribution < 1.29 is 9.59 Å². The molecule has 0 unspecified atom stereocenters. The number of amidine groups is 2. The molecule has 2 aromatic rings. The van der Waals surface area contributed by atoms with Gasteiger partial charge in [0.05, 0.1) is 9.81 Å². The van der Waals surface area contributed by atoms with Crippen LogP contribution in [0.1, 0.15) is 11.1 Å². The molecule has 3 aliphatic rings. The number of rotatable bonds is 2. The molecule has 0 atom stereocenters. The summed E-state index contributed by atoms with van der Waals surface area (Å²) in [6.45, 7) is 2.51. The van der Waals surface area contributed by atoms with Gasteiger partial charge in [-0.15, -0.1) is 0 Å². The minimum atomic E-state index is -0.317. The molecule has 1 fully saturated rings. The Bertz CT molecular complexity index is 1250. The molecule has 2 aromatic carbocycles. The molecule has 5 rings (SSSR count). The van der Waals surface area contributed by atoms with Crippen LogP contribution >= 0.6 is 69.9 Å². The topological polar surface area (TPSA) is 65.3 Å².